The molecule has 0 aliphatic heterocycles. The summed E-state index contributed by atoms with van der Waals surface area (Å²) < 4.78 is 19.1. The molecule has 27 heavy (non-hydrogen) atoms. The molecule has 1 atom stereocenters. The summed E-state index contributed by atoms with van der Waals surface area (Å²) in [4.78, 5) is 36.3. The number of hydrogen-bond acceptors (Lipinski definition) is 5. The van der Waals surface area contributed by atoms with Gasteiger partial charge in [-0.05, 0) is 48.7 Å². The van der Waals surface area contributed by atoms with E-state index in [0.29, 0.717) is 10.9 Å². The number of amides is 2. The van der Waals surface area contributed by atoms with Crippen molar-refractivity contribution in [3.8, 4) is 0 Å². The van der Waals surface area contributed by atoms with Gasteiger partial charge < -0.3 is 4.74 Å². The van der Waals surface area contributed by atoms with Crippen LogP contribution in [0.5, 0.6) is 0 Å². The number of esters is 1. The van der Waals surface area contributed by atoms with Crippen LogP contribution >= 0.6 is 11.3 Å². The van der Waals surface area contributed by atoms with Crippen LogP contribution in [0.25, 0.3) is 10.1 Å². The predicted molar refractivity (Wildman–Crippen MR) is 98.7 cm³/mol. The Morgan fingerprint density at radius 2 is 1.78 bits per heavy atom. The van der Waals surface area contributed by atoms with E-state index in [-0.39, 0.29) is 4.88 Å². The molecule has 2 aromatic carbocycles. The number of halogens is 1. The second-order valence-corrected chi connectivity index (χ2v) is 6.73. The molecule has 1 heterocycles. The first kappa shape index (κ1) is 18.5. The first-order valence-electron chi connectivity index (χ1n) is 7.99. The maximum atomic E-state index is 13.2. The molecule has 0 unspecified atom stereocenters. The van der Waals surface area contributed by atoms with Crippen LogP contribution in [-0.2, 0) is 9.53 Å². The molecule has 3 rings (SSSR count). The van der Waals surface area contributed by atoms with E-state index < -0.39 is 29.7 Å². The van der Waals surface area contributed by atoms with Crippen LogP contribution in [0.4, 0.5) is 4.39 Å². The number of carbonyl (C=O) groups is 3. The van der Waals surface area contributed by atoms with E-state index >= 15 is 0 Å². The van der Waals surface area contributed by atoms with Crippen molar-refractivity contribution < 1.29 is 23.5 Å². The summed E-state index contributed by atoms with van der Waals surface area (Å²) in [5, 5.41) is 0.583. The molecule has 0 aliphatic rings. The molecule has 0 aliphatic carbocycles. The third kappa shape index (κ3) is 4.48. The van der Waals surface area contributed by atoms with Crippen LogP contribution in [0.2, 0.25) is 0 Å². The van der Waals surface area contributed by atoms with Gasteiger partial charge >= 0.3 is 5.97 Å². The van der Waals surface area contributed by atoms with E-state index in [1.54, 1.807) is 36.4 Å². The fraction of sp³-hybridized carbons (Fsp3) is 0.105. The summed E-state index contributed by atoms with van der Waals surface area (Å²) in [5.41, 5.74) is 4.84. The van der Waals surface area contributed by atoms with Crippen molar-refractivity contribution in [3.63, 3.8) is 0 Å². The molecule has 2 amide bonds. The highest BCUT2D eigenvalue weighted by Gasteiger charge is 2.21. The third-order valence-electron chi connectivity index (χ3n) is 3.67. The molecule has 1 aromatic heterocycles. The van der Waals surface area contributed by atoms with E-state index in [9.17, 15) is 18.8 Å². The molecule has 3 aromatic rings. The Morgan fingerprint density at radius 1 is 1.04 bits per heavy atom. The highest BCUT2D eigenvalue weighted by molar-refractivity contribution is 7.20. The highest BCUT2D eigenvalue weighted by atomic mass is 32.1. The Balaban J connectivity index is 1.56. The number of hydrazine groups is 1. The molecule has 0 radical (unpaired) electrons. The zero-order valence-corrected chi connectivity index (χ0v) is 15.0. The minimum absolute atomic E-state index is 0.253. The number of nitrogens with one attached hydrogen (secondary N) is 2. The largest absolute Gasteiger partial charge is 0.448 e. The Labute approximate surface area is 157 Å². The summed E-state index contributed by atoms with van der Waals surface area (Å²) in [6.45, 7) is 1.38. The fourth-order valence-electron chi connectivity index (χ4n) is 2.27. The molecule has 6 nitrogen and oxygen atoms in total. The molecule has 2 N–H and O–H groups in total. The average Bonchev–Trinajstić information content (AvgIpc) is 3.09. The second-order valence-electron chi connectivity index (χ2n) is 5.65. The fourth-order valence-corrected chi connectivity index (χ4v) is 3.19. The van der Waals surface area contributed by atoms with Crippen molar-refractivity contribution in [1.29, 1.82) is 0 Å². The summed E-state index contributed by atoms with van der Waals surface area (Å²) in [6.07, 6.45) is -1.13. The highest BCUT2D eigenvalue weighted by Crippen LogP contribution is 2.27. The summed E-state index contributed by atoms with van der Waals surface area (Å²) in [6, 6.07) is 14.0. The van der Waals surface area contributed by atoms with Gasteiger partial charge in [-0.3, -0.25) is 20.4 Å². The molecule has 0 fully saturated rings. The second kappa shape index (κ2) is 7.96. The van der Waals surface area contributed by atoms with Gasteiger partial charge in [0, 0.05) is 10.3 Å². The van der Waals surface area contributed by atoms with Gasteiger partial charge in [-0.2, -0.15) is 0 Å². The van der Waals surface area contributed by atoms with Gasteiger partial charge in [0.2, 0.25) is 0 Å². The van der Waals surface area contributed by atoms with Gasteiger partial charge in [0.05, 0.1) is 0 Å². The van der Waals surface area contributed by atoms with Gasteiger partial charge in [0.25, 0.3) is 11.8 Å². The van der Waals surface area contributed by atoms with Crippen molar-refractivity contribution in [2.24, 2.45) is 0 Å². The van der Waals surface area contributed by atoms with E-state index in [1.165, 1.54) is 25.1 Å². The average molecular weight is 386 g/mol. The first-order chi connectivity index (χ1) is 12.9. The smallest absolute Gasteiger partial charge is 0.349 e. The minimum Gasteiger partial charge on any atom is -0.448 e. The van der Waals surface area contributed by atoms with Crippen molar-refractivity contribution in [1.82, 2.24) is 10.9 Å². The van der Waals surface area contributed by atoms with E-state index in [2.05, 4.69) is 10.9 Å². The van der Waals surface area contributed by atoms with Gasteiger partial charge in [0.1, 0.15) is 10.7 Å². The summed E-state index contributed by atoms with van der Waals surface area (Å²) in [5.74, 6) is -2.27. The molecule has 0 saturated heterocycles. The number of ether oxygens (including phenoxy) is 1. The number of carbonyl (C=O) groups excluding carboxylic acids is 3. The van der Waals surface area contributed by atoms with Crippen LogP contribution in [0, 0.1) is 5.82 Å². The van der Waals surface area contributed by atoms with Crippen LogP contribution in [-0.4, -0.2) is 23.9 Å². The Kier molecular flexibility index (Phi) is 5.46. The summed E-state index contributed by atoms with van der Waals surface area (Å²) >= 11 is 1.14. The number of fused-ring (bicyclic) bond motifs is 1. The lowest BCUT2D eigenvalue weighted by Crippen LogP contribution is -2.46. The molecular formula is C19H15FN2O4S. The Hall–Kier alpha value is -3.26. The topological polar surface area (TPSA) is 84.5 Å². The van der Waals surface area contributed by atoms with E-state index in [0.717, 1.165) is 16.0 Å². The third-order valence-corrected chi connectivity index (χ3v) is 4.76. The maximum absolute atomic E-state index is 13.2. The van der Waals surface area contributed by atoms with Crippen LogP contribution in [0.1, 0.15) is 27.0 Å². The van der Waals surface area contributed by atoms with Gasteiger partial charge in [-0.25, -0.2) is 9.18 Å². The zero-order valence-electron chi connectivity index (χ0n) is 14.2. The zero-order chi connectivity index (χ0) is 19.4. The number of thiophene rings is 1. The molecule has 0 saturated carbocycles. The summed E-state index contributed by atoms with van der Waals surface area (Å²) in [7, 11) is 0. The lowest BCUT2D eigenvalue weighted by Gasteiger charge is -2.13. The van der Waals surface area contributed by atoms with Crippen molar-refractivity contribution in [2.75, 3.05) is 0 Å². The molecular weight excluding hydrogens is 371 g/mol. The standard InChI is InChI=1S/C19H15FN2O4S/c1-11(17(23)21-22-18(24)12-5-3-2-4-6-12)26-19(25)16-10-13-9-14(20)7-8-15(13)27-16/h2-11H,1H3,(H,21,23)(H,22,24)/t11-/m0/s1. The molecule has 0 spiro atoms. The van der Waals surface area contributed by atoms with E-state index in [4.69, 9.17) is 4.74 Å². The van der Waals surface area contributed by atoms with Crippen LogP contribution in [0.3, 0.4) is 0 Å². The lowest BCUT2D eigenvalue weighted by atomic mass is 10.2. The van der Waals surface area contributed by atoms with Crippen molar-refractivity contribution in [2.45, 2.75) is 13.0 Å². The Bertz CT molecular complexity index is 1000. The van der Waals surface area contributed by atoms with Gasteiger partial charge in [0.15, 0.2) is 6.10 Å². The molecule has 8 heteroatoms. The number of hydrogen-bond donors (Lipinski definition) is 2. The van der Waals surface area contributed by atoms with E-state index in [1.807, 2.05) is 0 Å². The van der Waals surface area contributed by atoms with Gasteiger partial charge in [-0.1, -0.05) is 18.2 Å². The SMILES string of the molecule is C[C@H](OC(=O)c1cc2cc(F)ccc2s1)C(=O)NNC(=O)c1ccccc1. The molecule has 138 valence electrons. The minimum atomic E-state index is -1.13. The van der Waals surface area contributed by atoms with Crippen molar-refractivity contribution >= 4 is 39.2 Å². The number of benzene rings is 2. The molecule has 0 bridgehead atoms. The normalized spacial score (nSPS) is 11.6. The Morgan fingerprint density at radius 3 is 2.52 bits per heavy atom. The first-order valence-corrected chi connectivity index (χ1v) is 8.81. The maximum Gasteiger partial charge on any atom is 0.349 e. The van der Waals surface area contributed by atoms with Crippen LogP contribution < -0.4 is 10.9 Å². The van der Waals surface area contributed by atoms with Crippen LogP contribution in [0.15, 0.2) is 54.6 Å². The number of rotatable bonds is 4. The quantitative estimate of drug-likeness (QED) is 0.533. The van der Waals surface area contributed by atoms with Crippen molar-refractivity contribution in [3.05, 3.63) is 70.9 Å². The van der Waals surface area contributed by atoms with Gasteiger partial charge in [-0.15, -0.1) is 11.3 Å². The predicted octanol–water partition coefficient (Wildman–Crippen LogP) is 3.05. The lowest BCUT2D eigenvalue weighted by molar-refractivity contribution is -0.129. The monoisotopic (exact) mass is 386 g/mol.